The normalized spacial score (nSPS) is 18.7. The minimum atomic E-state index is -0.183. The molecule has 0 atom stereocenters. The molecule has 2 saturated heterocycles. The van der Waals surface area contributed by atoms with Crippen molar-refractivity contribution in [1.29, 1.82) is 0 Å². The zero-order valence-corrected chi connectivity index (χ0v) is 21.6. The van der Waals surface area contributed by atoms with E-state index in [9.17, 15) is 4.79 Å². The van der Waals surface area contributed by atoms with Gasteiger partial charge in [-0.1, -0.05) is 11.9 Å². The molecule has 1 amide bonds. The van der Waals surface area contributed by atoms with E-state index in [4.69, 9.17) is 19.6 Å². The molecule has 3 aliphatic rings. The summed E-state index contributed by atoms with van der Waals surface area (Å²) in [5.74, 6) is 2.29. The number of carbonyl (C=O) groups is 1. The molecule has 1 aromatic carbocycles. The molecule has 1 aliphatic carbocycles. The van der Waals surface area contributed by atoms with Crippen molar-refractivity contribution in [2.45, 2.75) is 25.7 Å². The average molecular weight is 514 g/mol. The highest BCUT2D eigenvalue weighted by Gasteiger charge is 2.44. The van der Waals surface area contributed by atoms with E-state index in [-0.39, 0.29) is 12.5 Å². The Morgan fingerprint density at radius 2 is 1.89 bits per heavy atom. The van der Waals surface area contributed by atoms with E-state index >= 15 is 0 Å². The molecule has 1 spiro atoms. The van der Waals surface area contributed by atoms with Gasteiger partial charge in [0.25, 0.3) is 5.91 Å². The number of aromatic nitrogens is 1. The molecule has 2 aromatic rings. The summed E-state index contributed by atoms with van der Waals surface area (Å²) < 4.78 is 14.3. The third-order valence-corrected chi connectivity index (χ3v) is 8.13. The van der Waals surface area contributed by atoms with Crippen LogP contribution in [0.2, 0.25) is 0 Å². The van der Waals surface area contributed by atoms with Gasteiger partial charge in [0.05, 0.1) is 38.2 Å². The third-order valence-electron chi connectivity index (χ3n) is 7.36. The molecule has 0 bridgehead atoms. The number of hydrogen-bond acceptors (Lipinski definition) is 9. The Kier molecular flexibility index (Phi) is 7.73. The standard InChI is InChI=1S/C26H35N5O4S/c1-34-22-4-5-23(27-24(22)31-12-15-35-16-13-31)28-25(33)20-3-2-19(29-36-17-14-32)18-21(20)30-10-8-26(6-7-26)9-11-30/h2-5,18,29,32H,6-17H2,1H3,(H,27,28,33). The van der Waals surface area contributed by atoms with Gasteiger partial charge < -0.3 is 34.4 Å². The van der Waals surface area contributed by atoms with Crippen molar-refractivity contribution in [3.8, 4) is 5.75 Å². The SMILES string of the molecule is COc1ccc(NC(=O)c2ccc(NSCCO)cc2N2CCC3(CC2)CC3)nc1N1CCOCC1. The Hall–Kier alpha value is -2.69. The van der Waals surface area contributed by atoms with Crippen LogP contribution < -0.4 is 24.6 Å². The maximum atomic E-state index is 13.5. The molecular formula is C26H35N5O4S. The molecule has 10 heteroatoms. The van der Waals surface area contributed by atoms with Gasteiger partial charge in [-0.05, 0) is 61.4 Å². The number of aliphatic hydroxyl groups is 1. The number of hydrogen-bond donors (Lipinski definition) is 3. The fraction of sp³-hybridized carbons (Fsp3) is 0.538. The quantitative estimate of drug-likeness (QED) is 0.343. The molecule has 36 heavy (non-hydrogen) atoms. The monoisotopic (exact) mass is 513 g/mol. The Balaban J connectivity index is 1.37. The minimum absolute atomic E-state index is 0.112. The number of rotatable bonds is 9. The van der Waals surface area contributed by atoms with Crippen molar-refractivity contribution < 1.29 is 19.4 Å². The van der Waals surface area contributed by atoms with Gasteiger partial charge >= 0.3 is 0 Å². The summed E-state index contributed by atoms with van der Waals surface area (Å²) in [5, 5.41) is 12.1. The van der Waals surface area contributed by atoms with Gasteiger partial charge in [-0.3, -0.25) is 4.79 Å². The van der Waals surface area contributed by atoms with Gasteiger partial charge in [0.15, 0.2) is 11.6 Å². The lowest BCUT2D eigenvalue weighted by molar-refractivity contribution is 0.102. The summed E-state index contributed by atoms with van der Waals surface area (Å²) in [6.45, 7) is 4.75. The van der Waals surface area contributed by atoms with Crippen LogP contribution in [0, 0.1) is 5.41 Å². The number of benzene rings is 1. The first-order valence-electron chi connectivity index (χ1n) is 12.7. The van der Waals surface area contributed by atoms with Crippen LogP contribution in [0.4, 0.5) is 23.0 Å². The van der Waals surface area contributed by atoms with Gasteiger partial charge in [0.1, 0.15) is 5.82 Å². The second kappa shape index (κ2) is 11.1. The largest absolute Gasteiger partial charge is 0.493 e. The van der Waals surface area contributed by atoms with Crippen molar-refractivity contribution in [1.82, 2.24) is 4.98 Å². The van der Waals surface area contributed by atoms with E-state index in [1.54, 1.807) is 13.2 Å². The number of morpholine rings is 1. The molecular weight excluding hydrogens is 478 g/mol. The molecule has 9 nitrogen and oxygen atoms in total. The zero-order chi connectivity index (χ0) is 25.0. The highest BCUT2D eigenvalue weighted by atomic mass is 32.2. The second-order valence-corrected chi connectivity index (χ2v) is 10.6. The Morgan fingerprint density at radius 1 is 1.11 bits per heavy atom. The van der Waals surface area contributed by atoms with E-state index < -0.39 is 0 Å². The number of methoxy groups -OCH3 is 1. The molecule has 0 radical (unpaired) electrons. The first kappa shape index (κ1) is 25.0. The highest BCUT2D eigenvalue weighted by molar-refractivity contribution is 8.00. The molecule has 194 valence electrons. The number of aliphatic hydroxyl groups excluding tert-OH is 1. The predicted molar refractivity (Wildman–Crippen MR) is 144 cm³/mol. The number of amides is 1. The van der Waals surface area contributed by atoms with Crippen molar-refractivity contribution in [3.05, 3.63) is 35.9 Å². The molecule has 3 fully saturated rings. The Labute approximate surface area is 216 Å². The lowest BCUT2D eigenvalue weighted by atomic mass is 9.93. The van der Waals surface area contributed by atoms with Crippen LogP contribution in [-0.2, 0) is 4.74 Å². The van der Waals surface area contributed by atoms with E-state index in [0.29, 0.717) is 47.3 Å². The van der Waals surface area contributed by atoms with Crippen molar-refractivity contribution >= 4 is 40.9 Å². The van der Waals surface area contributed by atoms with Crippen molar-refractivity contribution in [3.63, 3.8) is 0 Å². The van der Waals surface area contributed by atoms with Crippen LogP contribution in [0.5, 0.6) is 5.75 Å². The minimum Gasteiger partial charge on any atom is -0.493 e. The molecule has 1 aromatic heterocycles. The zero-order valence-electron chi connectivity index (χ0n) is 20.8. The summed E-state index contributed by atoms with van der Waals surface area (Å²) in [4.78, 5) is 22.7. The smallest absolute Gasteiger partial charge is 0.258 e. The highest BCUT2D eigenvalue weighted by Crippen LogP contribution is 2.54. The number of nitrogens with one attached hydrogen (secondary N) is 2. The summed E-state index contributed by atoms with van der Waals surface area (Å²) in [7, 11) is 1.63. The summed E-state index contributed by atoms with van der Waals surface area (Å²) in [5.41, 5.74) is 3.03. The number of carbonyl (C=O) groups excluding carboxylic acids is 1. The van der Waals surface area contributed by atoms with Gasteiger partial charge in [-0.25, -0.2) is 4.98 Å². The van der Waals surface area contributed by atoms with Crippen LogP contribution in [0.25, 0.3) is 0 Å². The Bertz CT molecular complexity index is 1060. The van der Waals surface area contributed by atoms with Gasteiger partial charge in [0, 0.05) is 37.6 Å². The van der Waals surface area contributed by atoms with Crippen LogP contribution in [0.1, 0.15) is 36.0 Å². The fourth-order valence-electron chi connectivity index (χ4n) is 4.98. The first-order valence-corrected chi connectivity index (χ1v) is 13.7. The lowest BCUT2D eigenvalue weighted by Gasteiger charge is -2.35. The molecule has 1 saturated carbocycles. The van der Waals surface area contributed by atoms with E-state index in [1.807, 2.05) is 24.3 Å². The van der Waals surface area contributed by atoms with E-state index in [0.717, 1.165) is 37.6 Å². The van der Waals surface area contributed by atoms with Gasteiger partial charge in [-0.15, -0.1) is 0 Å². The van der Waals surface area contributed by atoms with Crippen LogP contribution in [0.3, 0.4) is 0 Å². The number of anilines is 4. The number of ether oxygens (including phenoxy) is 2. The molecule has 2 aliphatic heterocycles. The summed E-state index contributed by atoms with van der Waals surface area (Å²) in [6, 6.07) is 9.46. The number of pyridine rings is 1. The summed E-state index contributed by atoms with van der Waals surface area (Å²) in [6.07, 6.45) is 5.02. The summed E-state index contributed by atoms with van der Waals surface area (Å²) >= 11 is 1.45. The van der Waals surface area contributed by atoms with Gasteiger partial charge in [0.2, 0.25) is 0 Å². The lowest BCUT2D eigenvalue weighted by Crippen LogP contribution is -2.37. The predicted octanol–water partition coefficient (Wildman–Crippen LogP) is 3.61. The average Bonchev–Trinajstić information content (AvgIpc) is 3.68. The van der Waals surface area contributed by atoms with Crippen molar-refractivity contribution in [2.75, 3.05) is 78.7 Å². The Morgan fingerprint density at radius 3 is 2.58 bits per heavy atom. The number of piperidine rings is 1. The van der Waals surface area contributed by atoms with Crippen LogP contribution >= 0.6 is 11.9 Å². The van der Waals surface area contributed by atoms with Crippen LogP contribution in [0.15, 0.2) is 30.3 Å². The molecule has 3 N–H and O–H groups in total. The van der Waals surface area contributed by atoms with E-state index in [2.05, 4.69) is 19.8 Å². The van der Waals surface area contributed by atoms with E-state index in [1.165, 1.54) is 37.6 Å². The first-order chi connectivity index (χ1) is 17.6. The third kappa shape index (κ3) is 5.66. The van der Waals surface area contributed by atoms with Crippen molar-refractivity contribution in [2.24, 2.45) is 5.41 Å². The molecule has 0 unspecified atom stereocenters. The topological polar surface area (TPSA) is 99.2 Å². The van der Waals surface area contributed by atoms with Crippen LogP contribution in [-0.4, -0.2) is 74.9 Å². The molecule has 5 rings (SSSR count). The van der Waals surface area contributed by atoms with Gasteiger partial charge in [-0.2, -0.15) is 0 Å². The molecule has 3 heterocycles. The number of nitrogens with zero attached hydrogens (tertiary/aromatic N) is 3. The second-order valence-electron chi connectivity index (χ2n) is 9.67. The maximum Gasteiger partial charge on any atom is 0.258 e. The fourth-order valence-corrected chi connectivity index (χ4v) is 5.46. The maximum absolute atomic E-state index is 13.5.